The topological polar surface area (TPSA) is 147 Å². The van der Waals surface area contributed by atoms with E-state index in [2.05, 4.69) is 5.32 Å². The average Bonchev–Trinajstić information content (AvgIpc) is 2.92. The molecule has 10 nitrogen and oxygen atoms in total. The van der Waals surface area contributed by atoms with Gasteiger partial charge < -0.3 is 5.32 Å². The molecule has 0 heterocycles. The van der Waals surface area contributed by atoms with Crippen LogP contribution >= 0.6 is 69.6 Å². The quantitative estimate of drug-likeness (QED) is 0.186. The fourth-order valence-electron chi connectivity index (χ4n) is 3.55. The van der Waals surface area contributed by atoms with Gasteiger partial charge in [-0.15, -0.1) is 0 Å². The third-order valence-corrected chi connectivity index (χ3v) is 13.3. The van der Waals surface area contributed by atoms with Crippen LogP contribution in [0.5, 0.6) is 0 Å². The second-order valence-corrected chi connectivity index (χ2v) is 16.5. The monoisotopic (exact) mass is 775 g/mol. The maximum Gasteiger partial charge on any atom is 0.333 e. The van der Waals surface area contributed by atoms with Crippen molar-refractivity contribution in [2.75, 3.05) is 9.03 Å². The van der Waals surface area contributed by atoms with Gasteiger partial charge in [0.15, 0.2) is 0 Å². The third-order valence-electron chi connectivity index (χ3n) is 5.56. The van der Waals surface area contributed by atoms with Crippen LogP contribution < -0.4 is 13.7 Å². The first-order valence-corrected chi connectivity index (χ1v) is 18.2. The molecule has 0 radical (unpaired) electrons. The van der Waals surface area contributed by atoms with Gasteiger partial charge in [-0.25, -0.2) is 34.8 Å². The molecule has 44 heavy (non-hydrogen) atoms. The lowest BCUT2D eigenvalue weighted by Crippen LogP contribution is -2.37. The number of sulfonamides is 3. The van der Waals surface area contributed by atoms with E-state index in [0.29, 0.717) is 0 Å². The number of carbonyl (C=O) groups excluding carboxylic acids is 1. The van der Waals surface area contributed by atoms with Crippen LogP contribution in [0.25, 0.3) is 0 Å². The molecule has 0 aliphatic heterocycles. The minimum atomic E-state index is -4.96. The van der Waals surface area contributed by atoms with Gasteiger partial charge in [-0.05, 0) is 72.8 Å². The van der Waals surface area contributed by atoms with Gasteiger partial charge in [-0.3, -0.25) is 0 Å². The zero-order chi connectivity index (χ0) is 32.6. The third kappa shape index (κ3) is 7.33. The molecule has 0 spiro atoms. The Balaban J connectivity index is 1.77. The van der Waals surface area contributed by atoms with Gasteiger partial charge in [-0.1, -0.05) is 75.7 Å². The molecule has 19 heteroatoms. The van der Waals surface area contributed by atoms with Crippen molar-refractivity contribution < 1.29 is 30.0 Å². The molecule has 0 saturated carbocycles. The van der Waals surface area contributed by atoms with E-state index < -0.39 is 51.6 Å². The maximum absolute atomic E-state index is 13.9. The van der Waals surface area contributed by atoms with Gasteiger partial charge in [-0.2, -0.15) is 3.71 Å². The normalized spacial score (nSPS) is 12.0. The number of rotatable bonds is 8. The molecule has 0 fully saturated rings. The van der Waals surface area contributed by atoms with Crippen LogP contribution in [0.1, 0.15) is 0 Å². The van der Waals surface area contributed by atoms with E-state index >= 15 is 0 Å². The SMILES string of the molecule is O=C(Nc1cccc(N(S(=O)(=O)c2ccc(Cl)c(Cl)c2)S(=O)(=O)c2ccc(Cl)c(Cl)c2)c1)NS(=O)(=O)c1ccc(Cl)c(Cl)c1. The van der Waals surface area contributed by atoms with E-state index in [1.165, 1.54) is 18.2 Å². The highest BCUT2D eigenvalue weighted by molar-refractivity contribution is 8.10. The van der Waals surface area contributed by atoms with Crippen LogP contribution in [0.3, 0.4) is 0 Å². The lowest BCUT2D eigenvalue weighted by atomic mass is 10.3. The first kappa shape index (κ1) is 34.4. The Bertz CT molecular complexity index is 2050. The van der Waals surface area contributed by atoms with Gasteiger partial charge in [0.25, 0.3) is 30.1 Å². The fourth-order valence-corrected chi connectivity index (χ4v) is 9.30. The van der Waals surface area contributed by atoms with Crippen molar-refractivity contribution in [1.82, 2.24) is 4.72 Å². The summed E-state index contributed by atoms with van der Waals surface area (Å²) in [6.07, 6.45) is 0. The molecule has 0 aliphatic carbocycles. The van der Waals surface area contributed by atoms with E-state index in [4.69, 9.17) is 69.6 Å². The fraction of sp³-hybridized carbons (Fsp3) is 0. The van der Waals surface area contributed by atoms with Crippen molar-refractivity contribution in [3.8, 4) is 0 Å². The smallest absolute Gasteiger partial charge is 0.307 e. The molecule has 0 atom stereocenters. The van der Waals surface area contributed by atoms with Crippen molar-refractivity contribution in [3.63, 3.8) is 0 Å². The molecular formula is C25H15Cl6N3O7S3. The molecule has 0 aliphatic rings. The van der Waals surface area contributed by atoms with E-state index in [9.17, 15) is 30.0 Å². The lowest BCUT2D eigenvalue weighted by Gasteiger charge is -2.25. The van der Waals surface area contributed by atoms with Crippen LogP contribution in [0.4, 0.5) is 16.2 Å². The van der Waals surface area contributed by atoms with E-state index in [1.54, 1.807) is 4.72 Å². The second-order valence-electron chi connectivity index (χ2n) is 8.54. The van der Waals surface area contributed by atoms with Gasteiger partial charge in [0.1, 0.15) is 0 Å². The Hall–Kier alpha value is -2.46. The highest BCUT2D eigenvalue weighted by atomic mass is 35.5. The van der Waals surface area contributed by atoms with Crippen LogP contribution in [0.15, 0.2) is 93.5 Å². The molecule has 4 rings (SSSR count). The maximum atomic E-state index is 13.9. The summed E-state index contributed by atoms with van der Waals surface area (Å²) >= 11 is 35.6. The molecule has 232 valence electrons. The Labute approximate surface area is 282 Å². The van der Waals surface area contributed by atoms with E-state index in [-0.39, 0.29) is 44.4 Å². The summed E-state index contributed by atoms with van der Waals surface area (Å²) in [6.45, 7) is 0. The van der Waals surface area contributed by atoms with Crippen LogP contribution in [0.2, 0.25) is 30.1 Å². The highest BCUT2D eigenvalue weighted by Crippen LogP contribution is 2.36. The number of nitrogens with zero attached hydrogens (tertiary/aromatic N) is 1. The Kier molecular flexibility index (Phi) is 10.3. The largest absolute Gasteiger partial charge is 0.333 e. The van der Waals surface area contributed by atoms with Gasteiger partial charge >= 0.3 is 6.03 Å². The predicted molar refractivity (Wildman–Crippen MR) is 172 cm³/mol. The van der Waals surface area contributed by atoms with E-state index in [1.807, 2.05) is 0 Å². The first-order valence-electron chi connectivity index (χ1n) is 11.5. The number of halogens is 6. The summed E-state index contributed by atoms with van der Waals surface area (Å²) in [5.74, 6) is 0. The average molecular weight is 778 g/mol. The number of amides is 2. The standard InChI is InChI=1S/C25H15Cl6N3O7S3/c26-19-7-4-16(11-22(19)29)42(36,37)33-25(35)32-14-2-1-3-15(10-14)34(43(38,39)17-5-8-20(27)23(30)12-17)44(40,41)18-6-9-21(28)24(31)13-18/h1-13H,(H2,32,33,35). The van der Waals surface area contributed by atoms with E-state index in [0.717, 1.165) is 60.7 Å². The number of hydrogen-bond donors (Lipinski definition) is 2. The number of anilines is 2. The molecule has 0 aromatic heterocycles. The zero-order valence-electron chi connectivity index (χ0n) is 21.3. The molecule has 0 saturated heterocycles. The Morgan fingerprint density at radius 3 is 1.43 bits per heavy atom. The molecule has 4 aromatic rings. The van der Waals surface area contributed by atoms with Crippen molar-refractivity contribution in [3.05, 3.63) is 109 Å². The molecule has 0 bridgehead atoms. The number of carbonyl (C=O) groups is 1. The Morgan fingerprint density at radius 1 is 0.545 bits per heavy atom. The first-order chi connectivity index (χ1) is 20.4. The molecule has 2 amide bonds. The minimum Gasteiger partial charge on any atom is -0.307 e. The van der Waals surface area contributed by atoms with Crippen molar-refractivity contribution in [2.24, 2.45) is 0 Å². The summed E-state index contributed by atoms with van der Waals surface area (Å²) in [7, 11) is -14.4. The van der Waals surface area contributed by atoms with Gasteiger partial charge in [0.2, 0.25) is 0 Å². The van der Waals surface area contributed by atoms with Crippen molar-refractivity contribution in [1.29, 1.82) is 0 Å². The zero-order valence-corrected chi connectivity index (χ0v) is 28.3. The minimum absolute atomic E-state index is 0.0116. The summed E-state index contributed by atoms with van der Waals surface area (Å²) in [5.41, 5.74) is -0.671. The van der Waals surface area contributed by atoms with Crippen LogP contribution in [0, 0.1) is 0 Å². The van der Waals surface area contributed by atoms with Crippen molar-refractivity contribution >= 4 is 117 Å². The Morgan fingerprint density at radius 2 is 0.977 bits per heavy atom. The number of benzene rings is 4. The summed E-state index contributed by atoms with van der Waals surface area (Å²) < 4.78 is 82.7. The summed E-state index contributed by atoms with van der Waals surface area (Å²) in [4.78, 5) is 11.2. The van der Waals surface area contributed by atoms with Crippen LogP contribution in [-0.4, -0.2) is 31.3 Å². The molecular weight excluding hydrogens is 763 g/mol. The molecule has 0 unspecified atom stereocenters. The second kappa shape index (κ2) is 13.1. The number of nitrogens with one attached hydrogen (secondary N) is 2. The summed E-state index contributed by atoms with van der Waals surface area (Å²) in [6, 6.07) is 13.0. The molecule has 2 N–H and O–H groups in total. The van der Waals surface area contributed by atoms with Gasteiger partial charge in [0, 0.05) is 5.69 Å². The predicted octanol–water partition coefficient (Wildman–Crippen LogP) is 7.70. The summed E-state index contributed by atoms with van der Waals surface area (Å²) in [5, 5.41) is 1.91. The number of urea groups is 1. The number of hydrogen-bond acceptors (Lipinski definition) is 7. The highest BCUT2D eigenvalue weighted by Gasteiger charge is 2.38. The molecule has 4 aromatic carbocycles. The lowest BCUT2D eigenvalue weighted by molar-refractivity contribution is 0.256. The van der Waals surface area contributed by atoms with Gasteiger partial charge in [0.05, 0.1) is 50.5 Å². The van der Waals surface area contributed by atoms with Crippen LogP contribution in [-0.2, 0) is 30.1 Å². The van der Waals surface area contributed by atoms with Crippen molar-refractivity contribution in [2.45, 2.75) is 14.7 Å².